The molecule has 0 aromatic heterocycles. The Hall–Kier alpha value is -0.237. The smallest absolute Gasteiger partial charge is 0.394 e. The molecule has 45 valence electrons. The quantitative estimate of drug-likeness (QED) is 0.318. The molecule has 0 aliphatic rings. The molecule has 0 amide bonds. The zero-order valence-corrected chi connectivity index (χ0v) is 6.32. The van der Waals surface area contributed by atoms with E-state index in [1.807, 2.05) is 0 Å². The first kappa shape index (κ1) is 10.7. The molecule has 0 aliphatic carbocycles. The van der Waals surface area contributed by atoms with Crippen molar-refractivity contribution >= 4 is 11.9 Å². The molecule has 0 bridgehead atoms. The zero-order chi connectivity index (χ0) is 5.86. The SMILES string of the molecule is CC(=O)OC(C)=O.[Ru+3]. The summed E-state index contributed by atoms with van der Waals surface area (Å²) in [6.07, 6.45) is 0. The van der Waals surface area contributed by atoms with Crippen LogP contribution in [-0.4, -0.2) is 11.9 Å². The second kappa shape index (κ2) is 4.91. The summed E-state index contributed by atoms with van der Waals surface area (Å²) < 4.78 is 3.97. The number of esters is 2. The second-order valence-corrected chi connectivity index (χ2v) is 1.09. The van der Waals surface area contributed by atoms with Gasteiger partial charge in [-0.15, -0.1) is 0 Å². The number of carbonyl (C=O) groups is 2. The van der Waals surface area contributed by atoms with Gasteiger partial charge in [-0.25, -0.2) is 0 Å². The van der Waals surface area contributed by atoms with Crippen LogP contribution in [0.1, 0.15) is 13.8 Å². The Kier molecular flexibility index (Phi) is 6.56. The average molecular weight is 203 g/mol. The van der Waals surface area contributed by atoms with Gasteiger partial charge in [-0.05, 0) is 0 Å². The summed E-state index contributed by atoms with van der Waals surface area (Å²) in [6, 6.07) is 0. The van der Waals surface area contributed by atoms with E-state index in [1.165, 1.54) is 13.8 Å². The third-order valence-electron chi connectivity index (χ3n) is 0.287. The molecule has 0 heterocycles. The summed E-state index contributed by atoms with van der Waals surface area (Å²) in [7, 11) is 0. The van der Waals surface area contributed by atoms with Gasteiger partial charge in [0.25, 0.3) is 0 Å². The molecule has 1 radical (unpaired) electrons. The molecule has 0 saturated carbocycles. The predicted molar refractivity (Wildman–Crippen MR) is 22.4 cm³/mol. The largest absolute Gasteiger partial charge is 3.00 e. The first-order valence-corrected chi connectivity index (χ1v) is 1.82. The molecule has 0 aromatic carbocycles. The van der Waals surface area contributed by atoms with Crippen LogP contribution in [0.3, 0.4) is 0 Å². The Bertz CT molecular complexity index is 87.5. The average Bonchev–Trinajstić information content (AvgIpc) is 1.27. The topological polar surface area (TPSA) is 43.4 Å². The number of hydrogen-bond donors (Lipinski definition) is 0. The Morgan fingerprint density at radius 2 is 1.38 bits per heavy atom. The number of ether oxygens (including phenoxy) is 1. The van der Waals surface area contributed by atoms with Crippen molar-refractivity contribution in [1.82, 2.24) is 0 Å². The van der Waals surface area contributed by atoms with Gasteiger partial charge in [-0.2, -0.15) is 0 Å². The van der Waals surface area contributed by atoms with Crippen LogP contribution in [0.2, 0.25) is 0 Å². The number of rotatable bonds is 0. The second-order valence-electron chi connectivity index (χ2n) is 1.09. The zero-order valence-electron chi connectivity index (χ0n) is 4.58. The molecule has 0 fully saturated rings. The van der Waals surface area contributed by atoms with Gasteiger partial charge in [0.2, 0.25) is 0 Å². The van der Waals surface area contributed by atoms with Crippen molar-refractivity contribution < 1.29 is 33.8 Å². The third-order valence-corrected chi connectivity index (χ3v) is 0.287. The van der Waals surface area contributed by atoms with Crippen LogP contribution in [0.15, 0.2) is 0 Å². The molecule has 0 unspecified atom stereocenters. The Balaban J connectivity index is 0. The Morgan fingerprint density at radius 1 is 1.12 bits per heavy atom. The van der Waals surface area contributed by atoms with Gasteiger partial charge in [-0.1, -0.05) is 0 Å². The van der Waals surface area contributed by atoms with Crippen LogP contribution in [0.4, 0.5) is 0 Å². The van der Waals surface area contributed by atoms with Crippen molar-refractivity contribution in [3.63, 3.8) is 0 Å². The minimum Gasteiger partial charge on any atom is -0.394 e. The fourth-order valence-electron chi connectivity index (χ4n) is 0.202. The van der Waals surface area contributed by atoms with Crippen molar-refractivity contribution in [2.75, 3.05) is 0 Å². The molecule has 0 N–H and O–H groups in total. The van der Waals surface area contributed by atoms with E-state index in [4.69, 9.17) is 0 Å². The molecule has 8 heavy (non-hydrogen) atoms. The molecule has 0 aliphatic heterocycles. The van der Waals surface area contributed by atoms with Crippen LogP contribution < -0.4 is 0 Å². The maximum Gasteiger partial charge on any atom is 3.00 e. The standard InChI is InChI=1S/C4H6O3.Ru/c1-3(5)7-4(2)6;/h1-2H3;/q;+3. The van der Waals surface area contributed by atoms with Crippen molar-refractivity contribution in [3.8, 4) is 0 Å². The maximum atomic E-state index is 9.81. The first-order valence-electron chi connectivity index (χ1n) is 1.82. The molecular weight excluding hydrogens is 197 g/mol. The Labute approximate surface area is 60.2 Å². The van der Waals surface area contributed by atoms with Gasteiger partial charge in [0.15, 0.2) is 0 Å². The van der Waals surface area contributed by atoms with Crippen LogP contribution >= 0.6 is 0 Å². The molecule has 0 aromatic rings. The van der Waals surface area contributed by atoms with Crippen LogP contribution in [-0.2, 0) is 33.8 Å². The normalized spacial score (nSPS) is 6.75. The van der Waals surface area contributed by atoms with Gasteiger partial charge in [0.1, 0.15) is 0 Å². The predicted octanol–water partition coefficient (Wildman–Crippen LogP) is 0.0935. The summed E-state index contributed by atoms with van der Waals surface area (Å²) in [5.41, 5.74) is 0. The summed E-state index contributed by atoms with van der Waals surface area (Å²) >= 11 is 0. The molecule has 0 spiro atoms. The van der Waals surface area contributed by atoms with E-state index in [1.54, 1.807) is 0 Å². The summed E-state index contributed by atoms with van der Waals surface area (Å²) in [5.74, 6) is -1.12. The molecule has 3 nitrogen and oxygen atoms in total. The summed E-state index contributed by atoms with van der Waals surface area (Å²) in [5, 5.41) is 0. The van der Waals surface area contributed by atoms with E-state index >= 15 is 0 Å². The monoisotopic (exact) mass is 204 g/mol. The molecule has 0 rings (SSSR count). The molecule has 0 saturated heterocycles. The first-order chi connectivity index (χ1) is 3.13. The van der Waals surface area contributed by atoms with Gasteiger partial charge in [0, 0.05) is 13.8 Å². The van der Waals surface area contributed by atoms with E-state index in [9.17, 15) is 9.59 Å². The van der Waals surface area contributed by atoms with Crippen molar-refractivity contribution in [3.05, 3.63) is 0 Å². The summed E-state index contributed by atoms with van der Waals surface area (Å²) in [6.45, 7) is 2.36. The van der Waals surface area contributed by atoms with E-state index in [0.717, 1.165) is 0 Å². The summed E-state index contributed by atoms with van der Waals surface area (Å²) in [4.78, 5) is 19.6. The molecule has 0 atom stereocenters. The van der Waals surface area contributed by atoms with E-state index < -0.39 is 11.9 Å². The van der Waals surface area contributed by atoms with Gasteiger partial charge >= 0.3 is 31.4 Å². The van der Waals surface area contributed by atoms with E-state index in [2.05, 4.69) is 4.74 Å². The Morgan fingerprint density at radius 3 is 1.38 bits per heavy atom. The fraction of sp³-hybridized carbons (Fsp3) is 0.500. The molecule has 4 heteroatoms. The van der Waals surface area contributed by atoms with Crippen LogP contribution in [0.5, 0.6) is 0 Å². The third kappa shape index (κ3) is 9.23. The fourth-order valence-corrected chi connectivity index (χ4v) is 0.202. The van der Waals surface area contributed by atoms with Crippen molar-refractivity contribution in [2.24, 2.45) is 0 Å². The van der Waals surface area contributed by atoms with Gasteiger partial charge in [0.05, 0.1) is 0 Å². The molecular formula is C4H6O3Ru+3. The maximum absolute atomic E-state index is 9.81. The van der Waals surface area contributed by atoms with Crippen molar-refractivity contribution in [1.29, 1.82) is 0 Å². The number of hydrogen-bond acceptors (Lipinski definition) is 3. The minimum absolute atomic E-state index is 0. The number of carbonyl (C=O) groups excluding carboxylic acids is 2. The van der Waals surface area contributed by atoms with Gasteiger partial charge in [-0.3, -0.25) is 9.59 Å². The van der Waals surface area contributed by atoms with E-state index in [-0.39, 0.29) is 19.5 Å². The minimum atomic E-state index is -0.562. The van der Waals surface area contributed by atoms with Crippen LogP contribution in [0, 0.1) is 0 Å². The van der Waals surface area contributed by atoms with Gasteiger partial charge < -0.3 is 4.74 Å². The van der Waals surface area contributed by atoms with E-state index in [0.29, 0.717) is 0 Å². The van der Waals surface area contributed by atoms with Crippen molar-refractivity contribution in [2.45, 2.75) is 13.8 Å². The van der Waals surface area contributed by atoms with Crippen LogP contribution in [0.25, 0.3) is 0 Å².